The first-order chi connectivity index (χ1) is 16.5. The maximum absolute atomic E-state index is 13.0. The van der Waals surface area contributed by atoms with E-state index in [0.29, 0.717) is 19.4 Å². The summed E-state index contributed by atoms with van der Waals surface area (Å²) in [4.78, 5) is 60.4. The highest BCUT2D eigenvalue weighted by molar-refractivity contribution is 5.94. The van der Waals surface area contributed by atoms with Gasteiger partial charge in [0.05, 0.1) is 6.04 Å². The summed E-state index contributed by atoms with van der Waals surface area (Å²) in [7, 11) is 0. The number of carboxylic acids is 1. The van der Waals surface area contributed by atoms with Crippen LogP contribution in [0.1, 0.15) is 44.6 Å². The lowest BCUT2D eigenvalue weighted by molar-refractivity contribution is -0.142. The number of hydrogen-bond acceptors (Lipinski definition) is 7. The van der Waals surface area contributed by atoms with Gasteiger partial charge in [0.2, 0.25) is 23.6 Å². The molecule has 12 nitrogen and oxygen atoms in total. The van der Waals surface area contributed by atoms with Crippen molar-refractivity contribution in [3.8, 4) is 0 Å². The van der Waals surface area contributed by atoms with Crippen molar-refractivity contribution in [1.29, 1.82) is 0 Å². The molecule has 0 saturated heterocycles. The molecule has 1 aromatic carbocycles. The summed E-state index contributed by atoms with van der Waals surface area (Å²) in [6.07, 6.45) is 1.37. The number of unbranched alkanes of at least 4 members (excludes halogenated alkanes) is 1. The number of carboxylic acid groups (broad SMARTS) is 1. The number of carbonyl (C=O) groups is 5. The van der Waals surface area contributed by atoms with Gasteiger partial charge in [-0.15, -0.1) is 0 Å². The first-order valence-corrected chi connectivity index (χ1v) is 11.5. The van der Waals surface area contributed by atoms with Crippen molar-refractivity contribution < 1.29 is 29.1 Å². The average Bonchev–Trinajstić information content (AvgIpc) is 2.81. The van der Waals surface area contributed by atoms with Crippen LogP contribution in [-0.4, -0.2) is 65.4 Å². The van der Waals surface area contributed by atoms with Crippen molar-refractivity contribution in [2.24, 2.45) is 17.2 Å². The van der Waals surface area contributed by atoms with E-state index in [0.717, 1.165) is 5.56 Å². The molecule has 0 aromatic heterocycles. The predicted octanol–water partition coefficient (Wildman–Crippen LogP) is -1.49. The summed E-state index contributed by atoms with van der Waals surface area (Å²) < 4.78 is 0. The highest BCUT2D eigenvalue weighted by Gasteiger charge is 2.29. The number of hydrogen-bond donors (Lipinski definition) is 7. The van der Waals surface area contributed by atoms with E-state index in [9.17, 15) is 29.1 Å². The summed E-state index contributed by atoms with van der Waals surface area (Å²) in [5, 5.41) is 17.0. The van der Waals surface area contributed by atoms with Gasteiger partial charge in [-0.1, -0.05) is 30.3 Å². The van der Waals surface area contributed by atoms with Crippen molar-refractivity contribution >= 4 is 29.6 Å². The lowest BCUT2D eigenvalue weighted by Gasteiger charge is -2.24. The molecule has 0 aliphatic rings. The van der Waals surface area contributed by atoms with E-state index >= 15 is 0 Å². The molecule has 194 valence electrons. The molecule has 0 aliphatic heterocycles. The molecule has 0 bridgehead atoms. The van der Waals surface area contributed by atoms with Crippen molar-refractivity contribution in [1.82, 2.24) is 16.0 Å². The van der Waals surface area contributed by atoms with Crippen LogP contribution in [0.25, 0.3) is 0 Å². The van der Waals surface area contributed by atoms with Crippen LogP contribution >= 0.6 is 0 Å². The Labute approximate surface area is 204 Å². The lowest BCUT2D eigenvalue weighted by Crippen LogP contribution is -2.57. The maximum atomic E-state index is 13.0. The fourth-order valence-corrected chi connectivity index (χ4v) is 3.19. The second kappa shape index (κ2) is 15.4. The van der Waals surface area contributed by atoms with E-state index in [1.54, 1.807) is 30.3 Å². The number of carbonyl (C=O) groups excluding carboxylic acids is 4. The van der Waals surface area contributed by atoms with Gasteiger partial charge in [-0.05, 0) is 44.7 Å². The number of benzene rings is 1. The van der Waals surface area contributed by atoms with Crippen LogP contribution in [0.4, 0.5) is 0 Å². The molecule has 0 fully saturated rings. The van der Waals surface area contributed by atoms with Gasteiger partial charge in [0.1, 0.15) is 18.1 Å². The Morgan fingerprint density at radius 2 is 1.51 bits per heavy atom. The molecule has 0 spiro atoms. The predicted molar refractivity (Wildman–Crippen MR) is 129 cm³/mol. The molecule has 35 heavy (non-hydrogen) atoms. The summed E-state index contributed by atoms with van der Waals surface area (Å²) in [6, 6.07) is 4.57. The topological polar surface area (TPSA) is 220 Å². The van der Waals surface area contributed by atoms with Gasteiger partial charge < -0.3 is 38.3 Å². The number of nitrogens with one attached hydrogen (secondary N) is 3. The zero-order valence-corrected chi connectivity index (χ0v) is 19.9. The molecule has 0 radical (unpaired) electrons. The average molecular weight is 493 g/mol. The highest BCUT2D eigenvalue weighted by atomic mass is 16.4. The molecule has 0 saturated carbocycles. The molecule has 0 aliphatic carbocycles. The minimum Gasteiger partial charge on any atom is -0.480 e. The maximum Gasteiger partial charge on any atom is 0.326 e. The first-order valence-electron chi connectivity index (χ1n) is 11.5. The second-order valence-electron chi connectivity index (χ2n) is 8.28. The molecule has 4 amide bonds. The van der Waals surface area contributed by atoms with Crippen LogP contribution in [-0.2, 0) is 30.4 Å². The van der Waals surface area contributed by atoms with Crippen LogP contribution in [0, 0.1) is 0 Å². The second-order valence-corrected chi connectivity index (χ2v) is 8.28. The highest BCUT2D eigenvalue weighted by Crippen LogP contribution is 2.07. The summed E-state index contributed by atoms with van der Waals surface area (Å²) in [5.74, 6) is -3.77. The third kappa shape index (κ3) is 11.5. The SMILES string of the molecule is CC(NC(=O)C(N)CCC(N)=O)C(=O)NC(Cc1ccccc1)C(=O)NC(CCCCN)C(=O)O. The Morgan fingerprint density at radius 3 is 2.09 bits per heavy atom. The Balaban J connectivity index is 2.88. The van der Waals surface area contributed by atoms with Crippen LogP contribution in [0.5, 0.6) is 0 Å². The molecule has 10 N–H and O–H groups in total. The summed E-state index contributed by atoms with van der Waals surface area (Å²) in [5.41, 5.74) is 17.0. The quantitative estimate of drug-likeness (QED) is 0.134. The number of primary amides is 1. The standard InChI is InChI=1S/C23H36N6O6/c1-14(27-21(32)16(25)10-11-19(26)30)20(31)29-18(13-15-7-3-2-4-8-15)22(33)28-17(23(34)35)9-5-6-12-24/h2-4,7-8,14,16-18H,5-6,9-13,24-25H2,1H3,(H2,26,30)(H,27,32)(H,28,33)(H,29,31)(H,34,35). The summed E-state index contributed by atoms with van der Waals surface area (Å²) >= 11 is 0. The third-order valence-corrected chi connectivity index (χ3v) is 5.27. The fourth-order valence-electron chi connectivity index (χ4n) is 3.19. The molecule has 1 rings (SSSR count). The molecule has 4 unspecified atom stereocenters. The largest absolute Gasteiger partial charge is 0.480 e. The van der Waals surface area contributed by atoms with E-state index in [2.05, 4.69) is 16.0 Å². The zero-order chi connectivity index (χ0) is 26.4. The number of nitrogens with two attached hydrogens (primary N) is 3. The molecular weight excluding hydrogens is 456 g/mol. The molecule has 12 heteroatoms. The van der Waals surface area contributed by atoms with E-state index in [-0.39, 0.29) is 25.7 Å². The van der Waals surface area contributed by atoms with Crippen molar-refractivity contribution in [3.05, 3.63) is 35.9 Å². The normalized spacial score (nSPS) is 14.1. The van der Waals surface area contributed by atoms with Crippen LogP contribution in [0.2, 0.25) is 0 Å². The van der Waals surface area contributed by atoms with Crippen LogP contribution < -0.4 is 33.2 Å². The number of amides is 4. The van der Waals surface area contributed by atoms with Crippen molar-refractivity contribution in [2.45, 2.75) is 69.6 Å². The molecule has 1 aromatic rings. The molecule has 0 heterocycles. The van der Waals surface area contributed by atoms with Gasteiger partial charge in [-0.2, -0.15) is 0 Å². The van der Waals surface area contributed by atoms with E-state index in [1.807, 2.05) is 0 Å². The first kappa shape index (κ1) is 29.5. The lowest BCUT2D eigenvalue weighted by atomic mass is 10.0. The fraction of sp³-hybridized carbons (Fsp3) is 0.522. The van der Waals surface area contributed by atoms with E-state index < -0.39 is 53.8 Å². The molecular formula is C23H36N6O6. The zero-order valence-electron chi connectivity index (χ0n) is 19.9. The molecule has 4 atom stereocenters. The van der Waals surface area contributed by atoms with E-state index in [1.165, 1.54) is 6.92 Å². The Hall–Kier alpha value is -3.51. The number of rotatable bonds is 16. The van der Waals surface area contributed by atoms with E-state index in [4.69, 9.17) is 17.2 Å². The third-order valence-electron chi connectivity index (χ3n) is 5.27. The van der Waals surface area contributed by atoms with Gasteiger partial charge in [-0.25, -0.2) is 4.79 Å². The van der Waals surface area contributed by atoms with Crippen LogP contribution in [0.15, 0.2) is 30.3 Å². The minimum absolute atomic E-state index is 0.0231. The van der Waals surface area contributed by atoms with Crippen molar-refractivity contribution in [3.63, 3.8) is 0 Å². The van der Waals surface area contributed by atoms with Crippen LogP contribution in [0.3, 0.4) is 0 Å². The van der Waals surface area contributed by atoms with Gasteiger partial charge in [-0.3, -0.25) is 19.2 Å². The van der Waals surface area contributed by atoms with Gasteiger partial charge in [0.15, 0.2) is 0 Å². The Morgan fingerprint density at radius 1 is 0.886 bits per heavy atom. The summed E-state index contributed by atoms with van der Waals surface area (Å²) in [6.45, 7) is 1.82. The smallest absolute Gasteiger partial charge is 0.326 e. The Kier molecular flexibility index (Phi) is 13.0. The number of aliphatic carboxylic acids is 1. The van der Waals surface area contributed by atoms with Crippen molar-refractivity contribution in [2.75, 3.05) is 6.54 Å². The minimum atomic E-state index is -1.19. The van der Waals surface area contributed by atoms with Gasteiger partial charge in [0.25, 0.3) is 0 Å². The monoisotopic (exact) mass is 492 g/mol. The van der Waals surface area contributed by atoms with Gasteiger partial charge >= 0.3 is 5.97 Å². The van der Waals surface area contributed by atoms with Gasteiger partial charge in [0, 0.05) is 12.8 Å². The Bertz CT molecular complexity index is 865.